The maximum Gasteiger partial charge on any atom is 0.327 e. The SMILES string of the molecule is COP(C)(=O)OC.COS(C)(=O)=O. The van der Waals surface area contributed by atoms with E-state index in [-0.39, 0.29) is 0 Å². The quantitative estimate of drug-likeness (QED) is 0.528. The van der Waals surface area contributed by atoms with Crippen molar-refractivity contribution in [3.05, 3.63) is 0 Å². The van der Waals surface area contributed by atoms with Crippen LogP contribution in [0.4, 0.5) is 0 Å². The van der Waals surface area contributed by atoms with Crippen molar-refractivity contribution in [3.8, 4) is 0 Å². The molecular weight excluding hydrogens is 219 g/mol. The number of rotatable bonds is 3. The zero-order chi connectivity index (χ0) is 11.1. The fraction of sp³-hybridized carbons (Fsp3) is 1.00. The highest BCUT2D eigenvalue weighted by atomic mass is 32.2. The van der Waals surface area contributed by atoms with Crippen LogP contribution in [-0.4, -0.2) is 42.7 Å². The molecule has 6 nitrogen and oxygen atoms in total. The second-order valence-electron chi connectivity index (χ2n) is 2.01. The van der Waals surface area contributed by atoms with Crippen molar-refractivity contribution in [3.63, 3.8) is 0 Å². The molecule has 0 aliphatic rings. The Labute approximate surface area is 78.8 Å². The van der Waals surface area contributed by atoms with Crippen LogP contribution in [0, 0.1) is 0 Å². The van der Waals surface area contributed by atoms with Gasteiger partial charge in [-0.25, -0.2) is 0 Å². The minimum atomic E-state index is -3.16. The summed E-state index contributed by atoms with van der Waals surface area (Å²) in [5.41, 5.74) is 0. The minimum Gasteiger partial charge on any atom is -0.312 e. The molecule has 0 saturated heterocycles. The second kappa shape index (κ2) is 6.50. The van der Waals surface area contributed by atoms with Crippen molar-refractivity contribution in [2.75, 3.05) is 34.2 Å². The van der Waals surface area contributed by atoms with Crippen molar-refractivity contribution in [1.29, 1.82) is 0 Å². The van der Waals surface area contributed by atoms with Gasteiger partial charge in [-0.05, 0) is 0 Å². The van der Waals surface area contributed by atoms with Crippen LogP contribution in [0.25, 0.3) is 0 Å². The van der Waals surface area contributed by atoms with Gasteiger partial charge >= 0.3 is 7.60 Å². The van der Waals surface area contributed by atoms with Gasteiger partial charge in [-0.2, -0.15) is 8.42 Å². The van der Waals surface area contributed by atoms with Gasteiger partial charge in [-0.15, -0.1) is 0 Å². The molecule has 0 aromatic rings. The highest BCUT2D eigenvalue weighted by Crippen LogP contribution is 2.40. The minimum absolute atomic E-state index is 0.993. The van der Waals surface area contributed by atoms with Crippen molar-refractivity contribution in [1.82, 2.24) is 0 Å². The Morgan fingerprint density at radius 2 is 1.31 bits per heavy atom. The highest BCUT2D eigenvalue weighted by molar-refractivity contribution is 7.85. The maximum absolute atomic E-state index is 10.5. The Bertz CT molecular complexity index is 250. The molecule has 0 aliphatic carbocycles. The maximum atomic E-state index is 10.5. The summed E-state index contributed by atoms with van der Waals surface area (Å²) in [5, 5.41) is 0. The van der Waals surface area contributed by atoms with Gasteiger partial charge < -0.3 is 9.05 Å². The molecule has 8 heteroatoms. The van der Waals surface area contributed by atoms with Gasteiger partial charge in [0.2, 0.25) is 0 Å². The molecule has 0 fully saturated rings. The second-order valence-corrected chi connectivity index (χ2v) is 6.02. The summed E-state index contributed by atoms with van der Waals surface area (Å²) in [4.78, 5) is 0. The van der Waals surface area contributed by atoms with E-state index >= 15 is 0 Å². The Balaban J connectivity index is 0. The summed E-state index contributed by atoms with van der Waals surface area (Å²) < 4.78 is 42.8. The van der Waals surface area contributed by atoms with Crippen molar-refractivity contribution in [2.24, 2.45) is 0 Å². The summed E-state index contributed by atoms with van der Waals surface area (Å²) in [6.45, 7) is 1.41. The molecule has 0 unspecified atom stereocenters. The Morgan fingerprint density at radius 3 is 1.31 bits per heavy atom. The normalized spacial score (nSPS) is 11.8. The lowest BCUT2D eigenvalue weighted by Crippen LogP contribution is -1.95. The standard InChI is InChI=1S/C3H9O3P.C2H6O3S/c1-5-7(3,4)6-2;1-5-6(2,3)4/h1-3H3;1-2H3. The van der Waals surface area contributed by atoms with Gasteiger partial charge in [0.1, 0.15) is 0 Å². The van der Waals surface area contributed by atoms with Crippen LogP contribution in [0.5, 0.6) is 0 Å². The molecule has 0 rings (SSSR count). The summed E-state index contributed by atoms with van der Waals surface area (Å²) in [6, 6.07) is 0. The molecule has 0 saturated carbocycles. The monoisotopic (exact) mass is 234 g/mol. The highest BCUT2D eigenvalue weighted by Gasteiger charge is 2.08. The molecule has 0 N–H and O–H groups in total. The Morgan fingerprint density at radius 1 is 1.08 bits per heavy atom. The molecule has 0 bridgehead atoms. The van der Waals surface area contributed by atoms with Crippen molar-refractivity contribution in [2.45, 2.75) is 0 Å². The average Bonchev–Trinajstić information content (AvgIpc) is 2.04. The van der Waals surface area contributed by atoms with Crippen LogP contribution in [-0.2, 0) is 27.9 Å². The molecule has 0 spiro atoms. The molecule has 0 aromatic heterocycles. The molecule has 0 radical (unpaired) electrons. The lowest BCUT2D eigenvalue weighted by Gasteiger charge is -2.04. The summed E-state index contributed by atoms with van der Waals surface area (Å²) in [5.74, 6) is 0. The van der Waals surface area contributed by atoms with E-state index in [1.165, 1.54) is 20.9 Å². The van der Waals surface area contributed by atoms with E-state index < -0.39 is 17.7 Å². The van der Waals surface area contributed by atoms with Crippen LogP contribution in [0.15, 0.2) is 0 Å². The van der Waals surface area contributed by atoms with Gasteiger partial charge in [0.25, 0.3) is 10.1 Å². The topological polar surface area (TPSA) is 78.9 Å². The fourth-order valence-electron chi connectivity index (χ4n) is 0.0745. The van der Waals surface area contributed by atoms with E-state index in [1.807, 2.05) is 0 Å². The fourth-order valence-corrected chi connectivity index (χ4v) is 0.224. The van der Waals surface area contributed by atoms with E-state index in [9.17, 15) is 13.0 Å². The van der Waals surface area contributed by atoms with E-state index in [0.717, 1.165) is 13.4 Å². The van der Waals surface area contributed by atoms with E-state index in [0.29, 0.717) is 0 Å². The molecule has 13 heavy (non-hydrogen) atoms. The van der Waals surface area contributed by atoms with Crippen LogP contribution in [0.1, 0.15) is 0 Å². The lowest BCUT2D eigenvalue weighted by atomic mass is 11.8. The summed E-state index contributed by atoms with van der Waals surface area (Å²) in [7, 11) is -1.99. The molecule has 0 heterocycles. The van der Waals surface area contributed by atoms with Crippen LogP contribution < -0.4 is 0 Å². The first-order chi connectivity index (χ1) is 5.68. The average molecular weight is 234 g/mol. The Kier molecular flexibility index (Phi) is 7.77. The van der Waals surface area contributed by atoms with Crippen LogP contribution >= 0.6 is 7.60 Å². The van der Waals surface area contributed by atoms with Gasteiger partial charge in [-0.3, -0.25) is 8.75 Å². The zero-order valence-electron chi connectivity index (χ0n) is 8.30. The van der Waals surface area contributed by atoms with E-state index in [4.69, 9.17) is 0 Å². The third-order valence-electron chi connectivity index (χ3n) is 0.966. The third-order valence-corrected chi connectivity index (χ3v) is 2.90. The third kappa shape index (κ3) is 14.9. The smallest absolute Gasteiger partial charge is 0.312 e. The molecule has 0 amide bonds. The number of hydrogen-bond acceptors (Lipinski definition) is 6. The van der Waals surface area contributed by atoms with Gasteiger partial charge in [-0.1, -0.05) is 0 Å². The van der Waals surface area contributed by atoms with Gasteiger partial charge in [0, 0.05) is 20.9 Å². The molecular formula is C5H15O6PS. The van der Waals surface area contributed by atoms with Crippen LogP contribution in [0.2, 0.25) is 0 Å². The zero-order valence-corrected chi connectivity index (χ0v) is 10.0. The first-order valence-corrected chi connectivity index (χ1v) is 6.93. The molecule has 0 atom stereocenters. The number of hydrogen-bond donors (Lipinski definition) is 0. The molecule has 0 aromatic carbocycles. The van der Waals surface area contributed by atoms with Crippen molar-refractivity contribution >= 4 is 17.7 Å². The van der Waals surface area contributed by atoms with E-state index in [2.05, 4.69) is 13.2 Å². The van der Waals surface area contributed by atoms with E-state index in [1.54, 1.807) is 0 Å². The predicted molar refractivity (Wildman–Crippen MR) is 49.4 cm³/mol. The van der Waals surface area contributed by atoms with Crippen molar-refractivity contribution < 1.29 is 26.2 Å². The van der Waals surface area contributed by atoms with Crippen LogP contribution in [0.3, 0.4) is 0 Å². The largest absolute Gasteiger partial charge is 0.327 e. The first-order valence-electron chi connectivity index (χ1n) is 3.13. The molecule has 82 valence electrons. The lowest BCUT2D eigenvalue weighted by molar-refractivity contribution is 0.282. The Hall–Kier alpha value is 0.0600. The summed E-state index contributed by atoms with van der Waals surface area (Å²) in [6.07, 6.45) is 0.993. The van der Waals surface area contributed by atoms with Gasteiger partial charge in [0.05, 0.1) is 13.4 Å². The summed E-state index contributed by atoms with van der Waals surface area (Å²) >= 11 is 0. The molecule has 0 aliphatic heterocycles. The van der Waals surface area contributed by atoms with Gasteiger partial charge in [0.15, 0.2) is 0 Å². The first kappa shape index (κ1) is 15.5. The predicted octanol–water partition coefficient (Wildman–Crippen LogP) is 0.694.